The number of hydrogen-bond donors (Lipinski definition) is 0. The van der Waals surface area contributed by atoms with Crippen molar-refractivity contribution in [2.45, 2.75) is 56.6 Å². The second-order valence-corrected chi connectivity index (χ2v) is 8.02. The zero-order valence-electron chi connectivity index (χ0n) is 11.5. The molecule has 0 aromatic carbocycles. The average molecular weight is 283 g/mol. The van der Waals surface area contributed by atoms with Gasteiger partial charge in [0.1, 0.15) is 0 Å². The lowest BCUT2D eigenvalue weighted by Crippen LogP contribution is -2.65. The van der Waals surface area contributed by atoms with Gasteiger partial charge in [0.15, 0.2) is 5.03 Å². The van der Waals surface area contributed by atoms with Crippen LogP contribution in [0.15, 0.2) is 17.6 Å². The summed E-state index contributed by atoms with van der Waals surface area (Å²) in [4.78, 5) is 4.10. The van der Waals surface area contributed by atoms with Gasteiger partial charge in [0.2, 0.25) is 0 Å². The lowest BCUT2D eigenvalue weighted by atomic mass is 9.70. The number of aromatic nitrogens is 2. The maximum atomic E-state index is 12.6. The molecule has 6 heteroatoms. The molecule has 1 aliphatic heterocycles. The van der Waals surface area contributed by atoms with Gasteiger partial charge in [-0.3, -0.25) is 0 Å². The predicted molar refractivity (Wildman–Crippen MR) is 72.2 cm³/mol. The first kappa shape index (κ1) is 13.1. The molecule has 0 N–H and O–H groups in total. The van der Waals surface area contributed by atoms with Crippen LogP contribution in [0.4, 0.5) is 0 Å². The monoisotopic (exact) mass is 283 g/mol. The van der Waals surface area contributed by atoms with Crippen LogP contribution in [-0.4, -0.2) is 34.4 Å². The molecule has 0 radical (unpaired) electrons. The lowest BCUT2D eigenvalue weighted by Gasteiger charge is -2.56. The Bertz CT molecular complexity index is 567. The number of hydrogen-bond acceptors (Lipinski definition) is 3. The third-order valence-corrected chi connectivity index (χ3v) is 6.22. The summed E-state index contributed by atoms with van der Waals surface area (Å²) in [5.74, 6) is 0.478. The highest BCUT2D eigenvalue weighted by Crippen LogP contribution is 2.49. The Balaban J connectivity index is 1.82. The standard InChI is InChI=1S/C13H21N3O2S/c1-11(2)8-15-9-12(14-10-15)19(17,18)16-7-6-13(16)4-3-5-13/h9-11H,3-8H2,1-2H3. The summed E-state index contributed by atoms with van der Waals surface area (Å²) in [5, 5.41) is 0.208. The fraction of sp³-hybridized carbons (Fsp3) is 0.769. The van der Waals surface area contributed by atoms with Gasteiger partial charge in [-0.25, -0.2) is 13.4 Å². The van der Waals surface area contributed by atoms with Gasteiger partial charge >= 0.3 is 0 Å². The molecular formula is C13H21N3O2S. The number of rotatable bonds is 4. The van der Waals surface area contributed by atoms with Crippen molar-refractivity contribution in [2.24, 2.45) is 5.92 Å². The Morgan fingerprint density at radius 1 is 1.37 bits per heavy atom. The van der Waals surface area contributed by atoms with Crippen molar-refractivity contribution in [3.05, 3.63) is 12.5 Å². The smallest absolute Gasteiger partial charge is 0.262 e. The van der Waals surface area contributed by atoms with Crippen LogP contribution in [0.1, 0.15) is 39.5 Å². The van der Waals surface area contributed by atoms with Gasteiger partial charge in [0.05, 0.1) is 6.33 Å². The van der Waals surface area contributed by atoms with E-state index in [0.717, 1.165) is 32.2 Å². The molecule has 1 aliphatic carbocycles. The predicted octanol–water partition coefficient (Wildman–Crippen LogP) is 1.86. The molecule has 106 valence electrons. The van der Waals surface area contributed by atoms with Gasteiger partial charge in [-0.15, -0.1) is 0 Å². The molecule has 0 amide bonds. The summed E-state index contributed by atoms with van der Waals surface area (Å²) in [6.45, 7) is 5.66. The molecule has 2 aliphatic rings. The molecule has 1 saturated carbocycles. The minimum Gasteiger partial charge on any atom is -0.336 e. The third-order valence-electron chi connectivity index (χ3n) is 4.33. The molecular weight excluding hydrogens is 262 g/mol. The van der Waals surface area contributed by atoms with E-state index in [1.54, 1.807) is 16.8 Å². The van der Waals surface area contributed by atoms with E-state index in [9.17, 15) is 8.42 Å². The highest BCUT2D eigenvalue weighted by molar-refractivity contribution is 7.89. The van der Waals surface area contributed by atoms with Gasteiger partial charge in [0, 0.05) is 24.8 Å². The maximum absolute atomic E-state index is 12.6. The summed E-state index contributed by atoms with van der Waals surface area (Å²) in [5.41, 5.74) is -0.0549. The normalized spacial score (nSPS) is 22.5. The van der Waals surface area contributed by atoms with E-state index >= 15 is 0 Å². The molecule has 1 aromatic rings. The summed E-state index contributed by atoms with van der Waals surface area (Å²) in [6.07, 6.45) is 7.48. The van der Waals surface area contributed by atoms with Crippen molar-refractivity contribution in [2.75, 3.05) is 6.54 Å². The van der Waals surface area contributed by atoms with E-state index in [4.69, 9.17) is 0 Å². The SMILES string of the molecule is CC(C)Cn1cnc(S(=O)(=O)N2CCC23CCC3)c1. The molecule has 2 fully saturated rings. The second kappa shape index (κ2) is 4.31. The summed E-state index contributed by atoms with van der Waals surface area (Å²) < 4.78 is 28.7. The summed E-state index contributed by atoms with van der Waals surface area (Å²) in [6, 6.07) is 0. The topological polar surface area (TPSA) is 55.2 Å². The van der Waals surface area contributed by atoms with Gasteiger partial charge in [-0.1, -0.05) is 13.8 Å². The Kier molecular flexibility index (Phi) is 2.98. The van der Waals surface area contributed by atoms with E-state index in [0.29, 0.717) is 12.5 Å². The van der Waals surface area contributed by atoms with Crippen molar-refractivity contribution in [3.8, 4) is 0 Å². The van der Waals surface area contributed by atoms with Crippen molar-refractivity contribution in [1.29, 1.82) is 0 Å². The van der Waals surface area contributed by atoms with Crippen LogP contribution in [0.3, 0.4) is 0 Å². The van der Waals surface area contributed by atoms with E-state index < -0.39 is 10.0 Å². The van der Waals surface area contributed by atoms with Crippen LogP contribution in [0.25, 0.3) is 0 Å². The van der Waals surface area contributed by atoms with Gasteiger partial charge in [-0.05, 0) is 31.6 Å². The van der Waals surface area contributed by atoms with Crippen molar-refractivity contribution < 1.29 is 8.42 Å². The quantitative estimate of drug-likeness (QED) is 0.847. The van der Waals surface area contributed by atoms with Crippen LogP contribution in [0.5, 0.6) is 0 Å². The van der Waals surface area contributed by atoms with Gasteiger partial charge in [0.25, 0.3) is 10.0 Å². The van der Waals surface area contributed by atoms with Crippen molar-refractivity contribution >= 4 is 10.0 Å². The number of sulfonamides is 1. The third kappa shape index (κ3) is 2.01. The van der Waals surface area contributed by atoms with Crippen LogP contribution in [0, 0.1) is 5.92 Å². The van der Waals surface area contributed by atoms with Crippen LogP contribution in [-0.2, 0) is 16.6 Å². The Labute approximate surface area is 114 Å². The number of nitrogens with zero attached hydrogens (tertiary/aromatic N) is 3. The fourth-order valence-electron chi connectivity index (χ4n) is 3.09. The minimum atomic E-state index is -3.38. The molecule has 19 heavy (non-hydrogen) atoms. The van der Waals surface area contributed by atoms with Gasteiger partial charge < -0.3 is 4.57 Å². The molecule has 0 atom stereocenters. The van der Waals surface area contributed by atoms with Crippen LogP contribution < -0.4 is 0 Å². The zero-order chi connectivity index (χ0) is 13.7. The molecule has 0 unspecified atom stereocenters. The van der Waals surface area contributed by atoms with E-state index in [1.165, 1.54) is 0 Å². The fourth-order valence-corrected chi connectivity index (χ4v) is 4.88. The average Bonchev–Trinajstić information content (AvgIpc) is 2.60. The molecule has 5 nitrogen and oxygen atoms in total. The number of imidazole rings is 1. The molecule has 1 saturated heterocycles. The first-order valence-electron chi connectivity index (χ1n) is 6.99. The maximum Gasteiger partial charge on any atom is 0.262 e. The highest BCUT2D eigenvalue weighted by atomic mass is 32.2. The highest BCUT2D eigenvalue weighted by Gasteiger charge is 2.55. The van der Waals surface area contributed by atoms with Crippen LogP contribution in [0.2, 0.25) is 0 Å². The molecule has 1 spiro atoms. The second-order valence-electron chi connectivity index (χ2n) is 6.21. The lowest BCUT2D eigenvalue weighted by molar-refractivity contribution is -0.00315. The molecule has 1 aromatic heterocycles. The zero-order valence-corrected chi connectivity index (χ0v) is 12.4. The van der Waals surface area contributed by atoms with Gasteiger partial charge in [-0.2, -0.15) is 4.31 Å². The molecule has 0 bridgehead atoms. The first-order valence-corrected chi connectivity index (χ1v) is 8.43. The molecule has 2 heterocycles. The summed E-state index contributed by atoms with van der Waals surface area (Å²) >= 11 is 0. The Hall–Kier alpha value is -0.880. The van der Waals surface area contributed by atoms with Crippen molar-refractivity contribution in [1.82, 2.24) is 13.9 Å². The van der Waals surface area contributed by atoms with E-state index in [2.05, 4.69) is 18.8 Å². The van der Waals surface area contributed by atoms with Crippen molar-refractivity contribution in [3.63, 3.8) is 0 Å². The van der Waals surface area contributed by atoms with Crippen LogP contribution >= 0.6 is 0 Å². The largest absolute Gasteiger partial charge is 0.336 e. The first-order chi connectivity index (χ1) is 8.94. The summed E-state index contributed by atoms with van der Waals surface area (Å²) in [7, 11) is -3.38. The van der Waals surface area contributed by atoms with E-state index in [1.807, 2.05) is 4.57 Å². The van der Waals surface area contributed by atoms with E-state index in [-0.39, 0.29) is 10.6 Å². The Morgan fingerprint density at radius 2 is 2.11 bits per heavy atom. The Morgan fingerprint density at radius 3 is 2.58 bits per heavy atom. The molecule has 3 rings (SSSR count). The minimum absolute atomic E-state index is 0.0549.